The van der Waals surface area contributed by atoms with Gasteiger partial charge in [-0.3, -0.25) is 9.69 Å². The van der Waals surface area contributed by atoms with Gasteiger partial charge in [0.1, 0.15) is 0 Å². The number of thiophene rings is 1. The molecule has 1 aromatic heterocycles. The van der Waals surface area contributed by atoms with Crippen molar-refractivity contribution in [2.24, 2.45) is 11.8 Å². The summed E-state index contributed by atoms with van der Waals surface area (Å²) < 4.78 is 39.2. The minimum absolute atomic E-state index is 0.0109. The Kier molecular flexibility index (Phi) is 4.19. The zero-order valence-electron chi connectivity index (χ0n) is 14.9. The first-order valence-corrected chi connectivity index (χ1v) is 9.87. The van der Waals surface area contributed by atoms with E-state index in [0.717, 1.165) is 38.1 Å². The highest BCUT2D eigenvalue weighted by atomic mass is 32.1. The van der Waals surface area contributed by atoms with Crippen LogP contribution in [0.5, 0.6) is 0 Å². The number of hydrogen-bond donors (Lipinski definition) is 0. The van der Waals surface area contributed by atoms with Crippen LogP contribution in [0.4, 0.5) is 13.2 Å². The Balaban J connectivity index is 1.58. The molecule has 140 valence electrons. The van der Waals surface area contributed by atoms with Gasteiger partial charge in [0, 0.05) is 16.7 Å². The number of nitrogens with zero attached hydrogens (tertiary/aromatic N) is 1. The first-order valence-electron chi connectivity index (χ1n) is 9.05. The fourth-order valence-electron chi connectivity index (χ4n) is 4.75. The molecule has 3 fully saturated rings. The molecule has 0 aliphatic carbocycles. The Morgan fingerprint density at radius 3 is 2.54 bits per heavy atom. The fourth-order valence-corrected chi connectivity index (χ4v) is 5.80. The Bertz CT molecular complexity index is 846. The maximum Gasteiger partial charge on any atom is 0.416 e. The van der Waals surface area contributed by atoms with E-state index in [1.54, 1.807) is 6.07 Å². The molecule has 2 nitrogen and oxygen atoms in total. The van der Waals surface area contributed by atoms with Gasteiger partial charge in [-0.1, -0.05) is 6.07 Å². The second-order valence-electron chi connectivity index (χ2n) is 8.07. The Labute approximate surface area is 155 Å². The first kappa shape index (κ1) is 18.0. The Morgan fingerprint density at radius 2 is 1.92 bits per heavy atom. The van der Waals surface area contributed by atoms with Crippen LogP contribution >= 0.6 is 11.3 Å². The molecule has 6 heteroatoms. The Morgan fingerprint density at radius 1 is 1.23 bits per heavy atom. The molecule has 0 amide bonds. The van der Waals surface area contributed by atoms with Gasteiger partial charge in [0.05, 0.1) is 10.4 Å². The van der Waals surface area contributed by atoms with E-state index < -0.39 is 11.7 Å². The van der Waals surface area contributed by atoms with Gasteiger partial charge in [0.15, 0.2) is 5.78 Å². The summed E-state index contributed by atoms with van der Waals surface area (Å²) in [5, 5.41) is 0.708. The van der Waals surface area contributed by atoms with E-state index in [0.29, 0.717) is 33.2 Å². The van der Waals surface area contributed by atoms with Crippen molar-refractivity contribution in [2.75, 3.05) is 13.1 Å². The quantitative estimate of drug-likeness (QED) is 0.644. The number of fused-ring (bicyclic) bond motifs is 4. The maximum atomic E-state index is 12.9. The minimum Gasteiger partial charge on any atom is -0.298 e. The van der Waals surface area contributed by atoms with E-state index in [1.165, 1.54) is 17.4 Å². The molecular weight excluding hydrogens is 359 g/mol. The summed E-state index contributed by atoms with van der Waals surface area (Å²) in [6.45, 7) is 6.64. The van der Waals surface area contributed by atoms with Gasteiger partial charge in [-0.25, -0.2) is 0 Å². The van der Waals surface area contributed by atoms with Gasteiger partial charge in [-0.15, -0.1) is 11.3 Å². The van der Waals surface area contributed by atoms with Gasteiger partial charge in [0.2, 0.25) is 0 Å². The molecular formula is C20H22F3NOS. The topological polar surface area (TPSA) is 20.3 Å². The van der Waals surface area contributed by atoms with Crippen LogP contribution in [0.3, 0.4) is 0 Å². The highest BCUT2D eigenvalue weighted by Gasteiger charge is 2.48. The van der Waals surface area contributed by atoms with Crippen LogP contribution < -0.4 is 0 Å². The van der Waals surface area contributed by atoms with Crippen LogP contribution in [0.2, 0.25) is 0 Å². The molecule has 0 unspecified atom stereocenters. The van der Waals surface area contributed by atoms with E-state index >= 15 is 0 Å². The van der Waals surface area contributed by atoms with Crippen LogP contribution in [0.25, 0.3) is 10.1 Å². The van der Waals surface area contributed by atoms with E-state index in [4.69, 9.17) is 0 Å². The number of halogens is 3. The number of rotatable bonds is 3. The number of carbonyl (C=O) groups excluding carboxylic acids is 1. The summed E-state index contributed by atoms with van der Waals surface area (Å²) in [5.41, 5.74) is -0.652. The van der Waals surface area contributed by atoms with Crippen molar-refractivity contribution < 1.29 is 18.0 Å². The molecule has 0 radical (unpaired) electrons. The number of hydrogen-bond acceptors (Lipinski definition) is 3. The zero-order chi connectivity index (χ0) is 18.7. The largest absolute Gasteiger partial charge is 0.416 e. The van der Waals surface area contributed by atoms with Crippen LogP contribution in [-0.2, 0) is 6.18 Å². The molecule has 1 atom stereocenters. The third kappa shape index (κ3) is 2.97. The van der Waals surface area contributed by atoms with E-state index in [9.17, 15) is 18.0 Å². The summed E-state index contributed by atoms with van der Waals surface area (Å²) in [4.78, 5) is 16.0. The van der Waals surface area contributed by atoms with Gasteiger partial charge in [-0.05, 0) is 75.2 Å². The molecule has 1 aromatic carbocycles. The van der Waals surface area contributed by atoms with Crippen LogP contribution in [0, 0.1) is 11.8 Å². The molecule has 2 aromatic rings. The van der Waals surface area contributed by atoms with Crippen LogP contribution in [-0.4, -0.2) is 29.3 Å². The lowest BCUT2D eigenvalue weighted by molar-refractivity contribution is -0.137. The second kappa shape index (κ2) is 6.06. The lowest BCUT2D eigenvalue weighted by Gasteiger charge is -2.56. The molecule has 0 spiro atoms. The highest BCUT2D eigenvalue weighted by molar-refractivity contribution is 7.20. The average molecular weight is 381 g/mol. The normalized spacial score (nSPS) is 27.8. The standard InChI is InChI=1S/C20H22F3NOS/c1-19(2)15(12-5-7-24(19)8-6-12)11-16(25)18-9-13-3-4-14(20(21,22)23)10-17(13)26-18/h3-4,9-10,12,15H,5-8,11H2,1-2H3/t15-/m0/s1. The van der Waals surface area contributed by atoms with Crippen molar-refractivity contribution in [1.82, 2.24) is 4.90 Å². The van der Waals surface area contributed by atoms with Gasteiger partial charge >= 0.3 is 6.18 Å². The summed E-state index contributed by atoms with van der Waals surface area (Å²) in [5.74, 6) is 0.949. The van der Waals surface area contributed by atoms with E-state index in [1.807, 2.05) is 0 Å². The third-order valence-corrected chi connectivity index (χ3v) is 7.50. The van der Waals surface area contributed by atoms with Gasteiger partial charge in [0.25, 0.3) is 0 Å². The number of ketones is 1. The molecule has 3 aliphatic rings. The first-order chi connectivity index (χ1) is 12.2. The van der Waals surface area contributed by atoms with Crippen LogP contribution in [0.15, 0.2) is 24.3 Å². The highest BCUT2D eigenvalue weighted by Crippen LogP contribution is 2.46. The molecule has 3 aliphatic heterocycles. The Hall–Kier alpha value is -1.40. The predicted molar refractivity (Wildman–Crippen MR) is 97.6 cm³/mol. The molecule has 3 saturated heterocycles. The molecule has 2 bridgehead atoms. The minimum atomic E-state index is -4.36. The lowest BCUT2D eigenvalue weighted by Crippen LogP contribution is -2.61. The predicted octanol–water partition coefficient (Wildman–Crippen LogP) is 5.61. The fraction of sp³-hybridized carbons (Fsp3) is 0.550. The van der Waals surface area contributed by atoms with Crippen LogP contribution in [0.1, 0.15) is 48.3 Å². The average Bonchev–Trinajstić information content (AvgIpc) is 3.01. The summed E-state index contributed by atoms with van der Waals surface area (Å²) in [6, 6.07) is 5.44. The molecule has 26 heavy (non-hydrogen) atoms. The zero-order valence-corrected chi connectivity index (χ0v) is 15.7. The monoisotopic (exact) mass is 381 g/mol. The third-order valence-electron chi connectivity index (χ3n) is 6.36. The summed E-state index contributed by atoms with van der Waals surface area (Å²) in [6.07, 6.45) is -1.60. The summed E-state index contributed by atoms with van der Waals surface area (Å²) in [7, 11) is 0. The van der Waals surface area contributed by atoms with E-state index in [2.05, 4.69) is 18.7 Å². The van der Waals surface area contributed by atoms with Crippen molar-refractivity contribution in [2.45, 2.75) is 44.8 Å². The SMILES string of the molecule is CC1(C)[C@@H](CC(=O)c2cc3ccc(C(F)(F)F)cc3s2)C2CCN1CC2. The number of Topliss-reactive ketones (excluding diaryl/α,β-unsaturated/α-hetero) is 1. The van der Waals surface area contributed by atoms with Crippen molar-refractivity contribution in [3.63, 3.8) is 0 Å². The van der Waals surface area contributed by atoms with Crippen molar-refractivity contribution in [3.8, 4) is 0 Å². The van der Waals surface area contributed by atoms with Gasteiger partial charge in [-0.2, -0.15) is 13.2 Å². The molecule has 4 heterocycles. The second-order valence-corrected chi connectivity index (χ2v) is 9.16. The smallest absolute Gasteiger partial charge is 0.298 e. The van der Waals surface area contributed by atoms with Crippen molar-refractivity contribution in [3.05, 3.63) is 34.7 Å². The number of carbonyl (C=O) groups is 1. The number of piperidine rings is 3. The summed E-state index contributed by atoms with van der Waals surface area (Å²) >= 11 is 1.18. The number of alkyl halides is 3. The van der Waals surface area contributed by atoms with E-state index in [-0.39, 0.29) is 11.3 Å². The molecule has 0 saturated carbocycles. The molecule has 0 N–H and O–H groups in total. The van der Waals surface area contributed by atoms with Gasteiger partial charge < -0.3 is 0 Å². The lowest BCUT2D eigenvalue weighted by atomic mass is 9.65. The van der Waals surface area contributed by atoms with Crippen molar-refractivity contribution in [1.29, 1.82) is 0 Å². The van der Waals surface area contributed by atoms with Crippen molar-refractivity contribution >= 4 is 27.2 Å². The molecule has 5 rings (SSSR count). The maximum absolute atomic E-state index is 12.9. The number of benzene rings is 1.